The van der Waals surface area contributed by atoms with E-state index in [1.54, 1.807) is 4.57 Å². The molecular weight excluding hydrogens is 1010 g/mol. The van der Waals surface area contributed by atoms with Gasteiger partial charge in [0.1, 0.15) is 132 Å². The normalized spacial score (nSPS) is 13.6. The van der Waals surface area contributed by atoms with Crippen LogP contribution in [0.25, 0.3) is 94.4 Å². The lowest BCUT2D eigenvalue weighted by atomic mass is 9.51. The van der Waals surface area contributed by atoms with Crippen molar-refractivity contribution in [3.8, 4) is 28.7 Å². The molecule has 0 atom stereocenters. The summed E-state index contributed by atoms with van der Waals surface area (Å²) in [4.78, 5) is 16.6. The molecule has 10 aromatic rings. The Morgan fingerprint density at radius 1 is 0.286 bits per heavy atom. The number of aromatic nitrogens is 4. The van der Waals surface area contributed by atoms with E-state index >= 15 is 0 Å². The van der Waals surface area contributed by atoms with Crippen molar-refractivity contribution in [3.63, 3.8) is 0 Å². The first kappa shape index (κ1) is 60.4. The molecule has 0 saturated carbocycles. The van der Waals surface area contributed by atoms with E-state index in [2.05, 4.69) is 104 Å². The second-order valence-corrected chi connectivity index (χ2v) is 29.3. The van der Waals surface area contributed by atoms with Gasteiger partial charge in [0, 0.05) is 32.6 Å². The molecule has 11 rings (SSSR count). The summed E-state index contributed by atoms with van der Waals surface area (Å²) in [7, 11) is 104. The van der Waals surface area contributed by atoms with Crippen molar-refractivity contribution < 1.29 is 8.83 Å². The SMILES string of the molecule is [B]c1c(C(C)(C)C)c([B])c2c(oc3c(C(C)(C)C)c([B])c(C(C)(C)C)c([B])c32)c1-c1nc2nc(n1)-n1c3c([B])c([B])c([B])c([B])c3c3c([B])c([B])c([B])c(c31)[B]c1c(C(C)(C)C)c([B])c3c(oc4c(C(C)(C)C)c([B])c(C(C)(C)C)c([B])c43)c1-2. The van der Waals surface area contributed by atoms with E-state index in [1.807, 2.05) is 28.1 Å². The van der Waals surface area contributed by atoms with Crippen molar-refractivity contribution >= 4 is 270 Å². The molecule has 4 aromatic heterocycles. The predicted octanol–water partition coefficient (Wildman–Crippen LogP) is -1.03. The zero-order valence-corrected chi connectivity index (χ0v) is 51.8. The molecule has 0 N–H and O–H groups in total. The Morgan fingerprint density at radius 3 is 1.04 bits per heavy atom. The zero-order chi connectivity index (χ0) is 62.3. The van der Waals surface area contributed by atoms with Crippen molar-refractivity contribution in [1.29, 1.82) is 0 Å². The molecule has 21 heteroatoms. The third-order valence-electron chi connectivity index (χ3n) is 17.1. The third-order valence-corrected chi connectivity index (χ3v) is 17.1. The molecule has 2 bridgehead atoms. The average Bonchev–Trinajstić information content (AvgIpc) is 1.53. The first-order valence-electron chi connectivity index (χ1n) is 28.2. The maximum absolute atomic E-state index is 7.78. The van der Waals surface area contributed by atoms with Gasteiger partial charge in [0.2, 0.25) is 5.95 Å². The van der Waals surface area contributed by atoms with Crippen LogP contribution in [-0.2, 0) is 32.5 Å². The van der Waals surface area contributed by atoms with Crippen LogP contribution in [0.4, 0.5) is 0 Å². The lowest BCUT2D eigenvalue weighted by molar-refractivity contribution is 0.566. The van der Waals surface area contributed by atoms with Gasteiger partial charge in [0.05, 0.1) is 11.1 Å². The Morgan fingerprint density at radius 2 is 0.619 bits per heavy atom. The summed E-state index contributed by atoms with van der Waals surface area (Å²) in [5.41, 5.74) is 7.49. The second-order valence-electron chi connectivity index (χ2n) is 29.3. The first-order chi connectivity index (χ1) is 38.4. The Balaban J connectivity index is 1.49. The molecule has 0 aliphatic carbocycles. The third kappa shape index (κ3) is 8.26. The molecule has 1 aliphatic rings. The standard InChI is InChI=1S/C63H54B15N4O2/c1-58(2,3)27-33(64)21-23-34(65)28(59(4,5)6)40(71)31(62(13,14)15)53(23)83-51(21)25(37(27)68)55-79-56-26-47(30(61(10,11)12)36(67)22-24-35(66)29(60(7,8)9)41(72)32(63(16,17)18)54(24)84-52(22)26)78-48-45(76)43(74)39(70)20-19-38(69)42(73)44(75)46(77)49(19)82(50(20)48)57(80-55)81-56/h1-18H3. The van der Waals surface area contributed by atoms with Crippen LogP contribution in [0.1, 0.15) is 158 Å². The Hall–Kier alpha value is -5.30. The van der Waals surface area contributed by atoms with Crippen LogP contribution in [-0.4, -0.2) is 137 Å². The number of hydrogen-bond donors (Lipinski definition) is 0. The number of nitrogens with zero attached hydrogens (tertiary/aromatic N) is 4. The van der Waals surface area contributed by atoms with Gasteiger partial charge >= 0.3 is 0 Å². The van der Waals surface area contributed by atoms with Crippen LogP contribution in [0, 0.1) is 0 Å². The fraction of sp³-hybridized carbons (Fsp3) is 0.381. The van der Waals surface area contributed by atoms with E-state index in [4.69, 9.17) is 134 Å². The fourth-order valence-corrected chi connectivity index (χ4v) is 13.9. The minimum atomic E-state index is -0.753. The number of furan rings is 2. The molecule has 0 fully saturated rings. The number of fused-ring (bicyclic) bond motifs is 15. The van der Waals surface area contributed by atoms with Crippen LogP contribution in [0.2, 0.25) is 0 Å². The molecule has 383 valence electrons. The van der Waals surface area contributed by atoms with Crippen LogP contribution in [0.3, 0.4) is 0 Å². The van der Waals surface area contributed by atoms with Gasteiger partial charge in [0.15, 0.2) is 18.9 Å². The topological polar surface area (TPSA) is 69.9 Å². The number of hydrogen-bond acceptors (Lipinski definition) is 5. The molecule has 0 amide bonds. The summed E-state index contributed by atoms with van der Waals surface area (Å²) in [6.45, 7) is 37.2. The van der Waals surface area contributed by atoms with E-state index in [-0.39, 0.29) is 78.0 Å². The highest BCUT2D eigenvalue weighted by Crippen LogP contribution is 2.44. The van der Waals surface area contributed by atoms with Gasteiger partial charge < -0.3 is 8.83 Å². The highest BCUT2D eigenvalue weighted by molar-refractivity contribution is 6.80. The molecule has 0 spiro atoms. The van der Waals surface area contributed by atoms with Gasteiger partial charge in [-0.1, -0.05) is 212 Å². The van der Waals surface area contributed by atoms with Gasteiger partial charge in [-0.15, -0.1) is 21.9 Å². The first-order valence-corrected chi connectivity index (χ1v) is 28.2. The van der Waals surface area contributed by atoms with Gasteiger partial charge in [-0.25, -0.2) is 4.98 Å². The van der Waals surface area contributed by atoms with Crippen molar-refractivity contribution in [2.45, 2.75) is 157 Å². The highest BCUT2D eigenvalue weighted by Gasteiger charge is 2.40. The lowest BCUT2D eigenvalue weighted by Crippen LogP contribution is -2.53. The molecule has 6 nitrogen and oxygen atoms in total. The molecule has 1 aliphatic heterocycles. The second kappa shape index (κ2) is 18.6. The zero-order valence-electron chi connectivity index (χ0n) is 51.8. The van der Waals surface area contributed by atoms with E-state index in [0.717, 1.165) is 22.3 Å². The largest absolute Gasteiger partial charge is 0.455 e. The number of rotatable bonds is 1. The smallest absolute Gasteiger partial charge is 0.238 e. The molecule has 29 radical (unpaired) electrons. The van der Waals surface area contributed by atoms with Crippen molar-refractivity contribution in [3.05, 3.63) is 33.4 Å². The van der Waals surface area contributed by atoms with Gasteiger partial charge in [-0.2, -0.15) is 9.97 Å². The van der Waals surface area contributed by atoms with Crippen molar-refractivity contribution in [2.75, 3.05) is 0 Å². The van der Waals surface area contributed by atoms with Crippen LogP contribution in [0.5, 0.6) is 0 Å². The summed E-state index contributed by atoms with van der Waals surface area (Å²) >= 11 is 0. The average molecular weight is 1060 g/mol. The van der Waals surface area contributed by atoms with E-state index in [0.29, 0.717) is 115 Å². The summed E-state index contributed by atoms with van der Waals surface area (Å²) in [5, 5.41) is 2.88. The van der Waals surface area contributed by atoms with Crippen LogP contribution in [0.15, 0.2) is 8.83 Å². The summed E-state index contributed by atoms with van der Waals surface area (Å²) in [6, 6.07) is 0. The molecular formula is C63H54B15N4O2. The van der Waals surface area contributed by atoms with Gasteiger partial charge in [-0.05, 0) is 54.4 Å². The Kier molecular flexibility index (Phi) is 13.4. The predicted molar refractivity (Wildman–Crippen MR) is 372 cm³/mol. The van der Waals surface area contributed by atoms with Gasteiger partial charge in [-0.3, -0.25) is 4.57 Å². The Bertz CT molecular complexity index is 4680. The number of benzene rings is 6. The van der Waals surface area contributed by atoms with E-state index < -0.39 is 32.5 Å². The minimum absolute atomic E-state index is 0.00384. The Labute approximate surface area is 514 Å². The van der Waals surface area contributed by atoms with E-state index in [1.165, 1.54) is 0 Å². The minimum Gasteiger partial charge on any atom is -0.455 e. The molecule has 0 saturated heterocycles. The summed E-state index contributed by atoms with van der Waals surface area (Å²) in [6.07, 6.45) is 0. The molecule has 0 unspecified atom stereocenters. The summed E-state index contributed by atoms with van der Waals surface area (Å²) < 4.78 is 16.4. The molecule has 5 heterocycles. The van der Waals surface area contributed by atoms with Crippen LogP contribution >= 0.6 is 0 Å². The quantitative estimate of drug-likeness (QED) is 0.197. The van der Waals surface area contributed by atoms with Crippen LogP contribution < -0.4 is 87.4 Å². The maximum atomic E-state index is 7.78. The fourth-order valence-electron chi connectivity index (χ4n) is 13.9. The monoisotopic (exact) mass is 1060 g/mol. The molecule has 84 heavy (non-hydrogen) atoms. The maximum Gasteiger partial charge on any atom is 0.238 e. The van der Waals surface area contributed by atoms with Gasteiger partial charge in [0.25, 0.3) is 0 Å². The van der Waals surface area contributed by atoms with Crippen molar-refractivity contribution in [1.82, 2.24) is 19.5 Å². The van der Waals surface area contributed by atoms with E-state index in [9.17, 15) is 0 Å². The van der Waals surface area contributed by atoms with Crippen molar-refractivity contribution in [2.24, 2.45) is 0 Å². The highest BCUT2D eigenvalue weighted by atomic mass is 16.3. The molecule has 6 aromatic carbocycles. The lowest BCUT2D eigenvalue weighted by Gasteiger charge is -2.32. The summed E-state index contributed by atoms with van der Waals surface area (Å²) in [5.74, 6) is 0.140.